The van der Waals surface area contributed by atoms with Gasteiger partial charge in [0.05, 0.1) is 10.9 Å². The van der Waals surface area contributed by atoms with Gasteiger partial charge in [0.25, 0.3) is 10.0 Å². The highest BCUT2D eigenvalue weighted by molar-refractivity contribution is 8.07. The molecular formula is C28H30F3NO3S2. The number of allylic oxidation sites excluding steroid dienone is 4. The zero-order valence-electron chi connectivity index (χ0n) is 21.0. The molecule has 9 heteroatoms. The van der Waals surface area contributed by atoms with Gasteiger partial charge in [-0.2, -0.15) is 0 Å². The van der Waals surface area contributed by atoms with Crippen LogP contribution in [0.25, 0.3) is 15.8 Å². The molecule has 1 heterocycles. The number of fused-ring (bicyclic) bond motifs is 1. The van der Waals surface area contributed by atoms with Crippen LogP contribution in [-0.2, 0) is 16.4 Å². The normalized spacial score (nSPS) is 12.9. The van der Waals surface area contributed by atoms with E-state index < -0.39 is 16.4 Å². The molecule has 0 fully saturated rings. The van der Waals surface area contributed by atoms with E-state index in [9.17, 15) is 21.6 Å². The summed E-state index contributed by atoms with van der Waals surface area (Å²) in [5.74, 6) is -0.340. The summed E-state index contributed by atoms with van der Waals surface area (Å²) in [6.45, 7) is 4.26. The maximum absolute atomic E-state index is 13.2. The highest BCUT2D eigenvalue weighted by Gasteiger charge is 2.31. The summed E-state index contributed by atoms with van der Waals surface area (Å²) >= 11 is 1.28. The minimum Gasteiger partial charge on any atom is -0.406 e. The van der Waals surface area contributed by atoms with Crippen molar-refractivity contribution in [2.45, 2.75) is 45.9 Å². The topological polar surface area (TPSA) is 48.3 Å². The van der Waals surface area contributed by atoms with Crippen LogP contribution in [0.1, 0.15) is 44.2 Å². The summed E-state index contributed by atoms with van der Waals surface area (Å²) < 4.78 is 69.5. The molecule has 0 saturated heterocycles. The van der Waals surface area contributed by atoms with Crippen LogP contribution < -0.4 is 4.74 Å². The first kappa shape index (κ1) is 28.7. The molecule has 3 aromatic rings. The van der Waals surface area contributed by atoms with E-state index >= 15 is 0 Å². The molecule has 0 N–H and O–H groups in total. The van der Waals surface area contributed by atoms with Crippen LogP contribution >= 0.6 is 11.8 Å². The van der Waals surface area contributed by atoms with Crippen LogP contribution in [0.2, 0.25) is 0 Å². The molecule has 1 aromatic heterocycles. The highest BCUT2D eigenvalue weighted by Crippen LogP contribution is 2.31. The predicted octanol–water partition coefficient (Wildman–Crippen LogP) is 8.31. The molecule has 0 amide bonds. The van der Waals surface area contributed by atoms with Crippen molar-refractivity contribution in [3.8, 4) is 5.75 Å². The third-order valence-electron chi connectivity index (χ3n) is 5.86. The van der Waals surface area contributed by atoms with Gasteiger partial charge in [0.1, 0.15) is 5.75 Å². The molecule has 0 aliphatic heterocycles. The SMILES string of the molecule is CCC(=CCCc1cn(S(=O)(=O)/C=C/C=C(\SC)c2cccc(OC(F)(F)F)c2)c2ccccc12)CC. The molecular weight excluding hydrogens is 519 g/mol. The van der Waals surface area contributed by atoms with E-state index in [1.807, 2.05) is 12.1 Å². The zero-order chi connectivity index (χ0) is 27.1. The summed E-state index contributed by atoms with van der Waals surface area (Å²) in [5.41, 5.74) is 3.42. The van der Waals surface area contributed by atoms with Gasteiger partial charge in [0, 0.05) is 16.5 Å². The van der Waals surface area contributed by atoms with E-state index in [-0.39, 0.29) is 5.75 Å². The Morgan fingerprint density at radius 2 is 1.81 bits per heavy atom. The Hall–Kier alpha value is -2.91. The number of benzene rings is 2. The van der Waals surface area contributed by atoms with Crippen molar-refractivity contribution in [3.05, 3.63) is 95.1 Å². The van der Waals surface area contributed by atoms with Crippen LogP contribution in [0, 0.1) is 0 Å². The number of hydrogen-bond donors (Lipinski definition) is 0. The molecule has 0 atom stereocenters. The summed E-state index contributed by atoms with van der Waals surface area (Å²) in [4.78, 5) is 0.589. The third kappa shape index (κ3) is 7.79. The van der Waals surface area contributed by atoms with Crippen molar-refractivity contribution in [3.63, 3.8) is 0 Å². The first-order valence-electron chi connectivity index (χ1n) is 11.9. The number of halogens is 3. The summed E-state index contributed by atoms with van der Waals surface area (Å²) in [6, 6.07) is 13.0. The van der Waals surface area contributed by atoms with E-state index in [0.29, 0.717) is 16.0 Å². The van der Waals surface area contributed by atoms with E-state index in [0.717, 1.165) is 42.0 Å². The molecule has 198 valence electrons. The number of ether oxygens (including phenoxy) is 1. The number of aromatic nitrogens is 1. The van der Waals surface area contributed by atoms with Crippen molar-refractivity contribution in [2.24, 2.45) is 0 Å². The van der Waals surface area contributed by atoms with Gasteiger partial charge in [-0.15, -0.1) is 24.9 Å². The number of aryl methyl sites for hydroxylation is 1. The fourth-order valence-electron chi connectivity index (χ4n) is 4.02. The Kier molecular flexibility index (Phi) is 9.73. The fraction of sp³-hybridized carbons (Fsp3) is 0.286. The van der Waals surface area contributed by atoms with Crippen molar-refractivity contribution in [2.75, 3.05) is 6.26 Å². The standard InChI is InChI=1S/C28H30F3NO3S2/c1-4-21(5-2)11-8-13-23-20-32(26-16-7-6-15-25(23)26)37(33,34)18-10-17-27(36-3)22-12-9-14-24(19-22)35-28(29,30)31/h6-7,9-12,14-20H,4-5,8,13H2,1-3H3/b18-10+,27-17-. The molecule has 0 spiro atoms. The second-order valence-electron chi connectivity index (χ2n) is 8.26. The van der Waals surface area contributed by atoms with Crippen LogP contribution in [0.4, 0.5) is 13.2 Å². The first-order chi connectivity index (χ1) is 17.6. The molecule has 0 radical (unpaired) electrons. The second-order valence-corrected chi connectivity index (χ2v) is 10.8. The lowest BCUT2D eigenvalue weighted by Gasteiger charge is -2.10. The number of rotatable bonds is 11. The highest BCUT2D eigenvalue weighted by atomic mass is 32.2. The average molecular weight is 550 g/mol. The largest absolute Gasteiger partial charge is 0.573 e. The van der Waals surface area contributed by atoms with Crippen LogP contribution in [0.5, 0.6) is 5.75 Å². The molecule has 0 bridgehead atoms. The van der Waals surface area contributed by atoms with Crippen molar-refractivity contribution >= 4 is 37.6 Å². The van der Waals surface area contributed by atoms with Crippen molar-refractivity contribution < 1.29 is 26.3 Å². The molecule has 3 rings (SSSR count). The molecule has 37 heavy (non-hydrogen) atoms. The Morgan fingerprint density at radius 1 is 1.08 bits per heavy atom. The van der Waals surface area contributed by atoms with E-state index in [4.69, 9.17) is 0 Å². The summed E-state index contributed by atoms with van der Waals surface area (Å²) in [7, 11) is -3.84. The van der Waals surface area contributed by atoms with Gasteiger partial charge in [0.2, 0.25) is 0 Å². The Bertz CT molecular complexity index is 1410. The van der Waals surface area contributed by atoms with Crippen molar-refractivity contribution in [1.82, 2.24) is 3.97 Å². The molecule has 2 aromatic carbocycles. The van der Waals surface area contributed by atoms with Gasteiger partial charge in [-0.25, -0.2) is 12.4 Å². The van der Waals surface area contributed by atoms with E-state index in [1.54, 1.807) is 36.7 Å². The Labute approximate surface area is 220 Å². The Balaban J connectivity index is 1.88. The third-order valence-corrected chi connectivity index (χ3v) is 8.02. The molecule has 4 nitrogen and oxygen atoms in total. The van der Waals surface area contributed by atoms with Gasteiger partial charge >= 0.3 is 6.36 Å². The Morgan fingerprint density at radius 3 is 2.49 bits per heavy atom. The first-order valence-corrected chi connectivity index (χ1v) is 14.6. The predicted molar refractivity (Wildman–Crippen MR) is 147 cm³/mol. The maximum Gasteiger partial charge on any atom is 0.573 e. The van der Waals surface area contributed by atoms with Gasteiger partial charge in [-0.3, -0.25) is 0 Å². The minimum atomic E-state index is -4.79. The number of thioether (sulfide) groups is 1. The van der Waals surface area contributed by atoms with Crippen LogP contribution in [0.15, 0.2) is 83.9 Å². The molecule has 0 aliphatic rings. The molecule has 0 saturated carbocycles. The number of para-hydroxylation sites is 1. The van der Waals surface area contributed by atoms with Crippen LogP contribution in [-0.4, -0.2) is 25.0 Å². The van der Waals surface area contributed by atoms with E-state index in [1.165, 1.54) is 45.6 Å². The minimum absolute atomic E-state index is 0.340. The number of nitrogens with zero attached hydrogens (tertiary/aromatic N) is 1. The monoisotopic (exact) mass is 549 g/mol. The summed E-state index contributed by atoms with van der Waals surface area (Å²) in [5, 5.41) is 1.99. The fourth-order valence-corrected chi connectivity index (χ4v) is 5.71. The van der Waals surface area contributed by atoms with Gasteiger partial charge in [0.15, 0.2) is 0 Å². The summed E-state index contributed by atoms with van der Waals surface area (Å²) in [6.07, 6.45) is 7.38. The van der Waals surface area contributed by atoms with E-state index in [2.05, 4.69) is 24.7 Å². The number of alkyl halides is 3. The van der Waals surface area contributed by atoms with Gasteiger partial charge < -0.3 is 4.74 Å². The molecule has 0 aliphatic carbocycles. The lowest BCUT2D eigenvalue weighted by Crippen LogP contribution is -2.17. The van der Waals surface area contributed by atoms with Crippen LogP contribution in [0.3, 0.4) is 0 Å². The number of hydrogen-bond acceptors (Lipinski definition) is 4. The van der Waals surface area contributed by atoms with Crippen molar-refractivity contribution in [1.29, 1.82) is 0 Å². The average Bonchev–Trinajstić information content (AvgIpc) is 3.23. The second kappa shape index (κ2) is 12.6. The maximum atomic E-state index is 13.2. The van der Waals surface area contributed by atoms with Gasteiger partial charge in [-0.1, -0.05) is 55.8 Å². The lowest BCUT2D eigenvalue weighted by molar-refractivity contribution is -0.274. The quantitative estimate of drug-likeness (QED) is 0.178. The van der Waals surface area contributed by atoms with Gasteiger partial charge in [-0.05, 0) is 73.4 Å². The molecule has 0 unspecified atom stereocenters. The zero-order valence-corrected chi connectivity index (χ0v) is 22.6. The smallest absolute Gasteiger partial charge is 0.406 e. The lowest BCUT2D eigenvalue weighted by atomic mass is 10.0.